The highest BCUT2D eigenvalue weighted by molar-refractivity contribution is 5.84. The quantitative estimate of drug-likeness (QED) is 0.702. The van der Waals surface area contributed by atoms with Crippen LogP contribution in [0, 0.1) is 0 Å². The van der Waals surface area contributed by atoms with Gasteiger partial charge in [0, 0.05) is 5.56 Å². The fourth-order valence-corrected chi connectivity index (χ4v) is 3.88. The molecule has 94 valence electrons. The maximum absolute atomic E-state index is 10.2. The summed E-state index contributed by atoms with van der Waals surface area (Å²) in [7, 11) is 0. The molecule has 2 aromatic carbocycles. The summed E-state index contributed by atoms with van der Waals surface area (Å²) in [6.45, 7) is 0. The predicted octanol–water partition coefficient (Wildman–Crippen LogP) is 1.72. The smallest absolute Gasteiger partial charge is 0.149 e. The molecule has 19 heavy (non-hydrogen) atoms. The van der Waals surface area contributed by atoms with Crippen molar-refractivity contribution in [3.8, 4) is 11.1 Å². The highest BCUT2D eigenvalue weighted by Crippen LogP contribution is 2.66. The van der Waals surface area contributed by atoms with Crippen molar-refractivity contribution in [2.24, 2.45) is 0 Å². The number of aliphatic hydroxyl groups is 2. The van der Waals surface area contributed by atoms with Crippen LogP contribution in [0.15, 0.2) is 42.5 Å². The van der Waals surface area contributed by atoms with Crippen molar-refractivity contribution in [3.05, 3.63) is 59.2 Å². The van der Waals surface area contributed by atoms with E-state index in [-0.39, 0.29) is 6.10 Å². The normalized spacial score (nSPS) is 36.4. The Morgan fingerprint density at radius 1 is 0.947 bits per heavy atom. The first-order valence-corrected chi connectivity index (χ1v) is 6.52. The summed E-state index contributed by atoms with van der Waals surface area (Å²) in [6.07, 6.45) is -2.03. The summed E-state index contributed by atoms with van der Waals surface area (Å²) in [5.74, 6) is 0. The molecule has 3 nitrogen and oxygen atoms in total. The molecule has 5 rings (SSSR count). The average Bonchev–Trinajstić information content (AvgIpc) is 3.14. The number of hydrogen-bond donors (Lipinski definition) is 2. The molecule has 4 unspecified atom stereocenters. The summed E-state index contributed by atoms with van der Waals surface area (Å²) in [5, 5.41) is 20.4. The maximum Gasteiger partial charge on any atom is 0.149 e. The summed E-state index contributed by atoms with van der Waals surface area (Å²) in [5.41, 5.74) is 4.74. The molecule has 1 fully saturated rings. The SMILES string of the molecule is OC1c2cccc3c2C2(OC2C1O)c1ccccc1-3. The van der Waals surface area contributed by atoms with Crippen LogP contribution in [0.25, 0.3) is 11.1 Å². The van der Waals surface area contributed by atoms with Crippen LogP contribution in [-0.4, -0.2) is 22.4 Å². The van der Waals surface area contributed by atoms with Crippen LogP contribution in [-0.2, 0) is 10.3 Å². The van der Waals surface area contributed by atoms with Gasteiger partial charge in [-0.05, 0) is 22.3 Å². The second-order valence-electron chi connectivity index (χ2n) is 5.52. The standard InChI is InChI=1S/C16H12O3/c17-13-10-6-3-5-9-8-4-1-2-7-11(8)16(12(9)10)15(19-16)14(13)18/h1-7,13-15,17-18H. The van der Waals surface area contributed by atoms with Crippen LogP contribution in [0.2, 0.25) is 0 Å². The van der Waals surface area contributed by atoms with E-state index in [4.69, 9.17) is 4.74 Å². The van der Waals surface area contributed by atoms with Gasteiger partial charge in [-0.15, -0.1) is 0 Å². The molecule has 2 aliphatic carbocycles. The lowest BCUT2D eigenvalue weighted by Gasteiger charge is -2.26. The van der Waals surface area contributed by atoms with Crippen molar-refractivity contribution in [1.82, 2.24) is 0 Å². The molecule has 2 aromatic rings. The lowest BCUT2D eigenvalue weighted by molar-refractivity contribution is -0.000531. The van der Waals surface area contributed by atoms with Gasteiger partial charge in [-0.2, -0.15) is 0 Å². The van der Waals surface area contributed by atoms with E-state index in [9.17, 15) is 10.2 Å². The molecule has 2 N–H and O–H groups in total. The number of fused-ring (bicyclic) bond motifs is 2. The van der Waals surface area contributed by atoms with Crippen molar-refractivity contribution >= 4 is 0 Å². The molecule has 0 aromatic heterocycles. The molecule has 4 atom stereocenters. The van der Waals surface area contributed by atoms with Crippen molar-refractivity contribution < 1.29 is 14.9 Å². The largest absolute Gasteiger partial charge is 0.387 e. The van der Waals surface area contributed by atoms with Crippen LogP contribution >= 0.6 is 0 Å². The first-order valence-electron chi connectivity index (χ1n) is 6.52. The van der Waals surface area contributed by atoms with Crippen molar-refractivity contribution in [2.75, 3.05) is 0 Å². The van der Waals surface area contributed by atoms with Crippen LogP contribution in [0.1, 0.15) is 22.8 Å². The number of aliphatic hydroxyl groups excluding tert-OH is 2. The minimum Gasteiger partial charge on any atom is -0.387 e. The molecule has 0 saturated carbocycles. The van der Waals surface area contributed by atoms with Gasteiger partial charge in [0.15, 0.2) is 0 Å². The van der Waals surface area contributed by atoms with Gasteiger partial charge >= 0.3 is 0 Å². The minimum absolute atomic E-state index is 0.320. The number of benzene rings is 2. The van der Waals surface area contributed by atoms with Crippen LogP contribution in [0.4, 0.5) is 0 Å². The van der Waals surface area contributed by atoms with E-state index in [2.05, 4.69) is 18.2 Å². The third kappa shape index (κ3) is 0.920. The van der Waals surface area contributed by atoms with Gasteiger partial charge in [-0.1, -0.05) is 42.5 Å². The third-order valence-corrected chi connectivity index (χ3v) is 4.69. The van der Waals surface area contributed by atoms with Crippen LogP contribution in [0.3, 0.4) is 0 Å². The molecule has 3 heteroatoms. The zero-order chi connectivity index (χ0) is 12.8. The van der Waals surface area contributed by atoms with Crippen molar-refractivity contribution in [3.63, 3.8) is 0 Å². The van der Waals surface area contributed by atoms with Crippen molar-refractivity contribution in [1.29, 1.82) is 0 Å². The molecular formula is C16H12O3. The van der Waals surface area contributed by atoms with E-state index in [0.717, 1.165) is 27.8 Å². The van der Waals surface area contributed by atoms with E-state index >= 15 is 0 Å². The Morgan fingerprint density at radius 2 is 1.74 bits per heavy atom. The molecule has 3 aliphatic rings. The number of rotatable bonds is 0. The Labute approximate surface area is 110 Å². The number of hydrogen-bond acceptors (Lipinski definition) is 3. The molecule has 0 bridgehead atoms. The fraction of sp³-hybridized carbons (Fsp3) is 0.250. The van der Waals surface area contributed by atoms with Gasteiger partial charge in [-0.25, -0.2) is 0 Å². The van der Waals surface area contributed by atoms with E-state index in [1.807, 2.05) is 24.3 Å². The Hall–Kier alpha value is -1.68. The molecular weight excluding hydrogens is 240 g/mol. The Bertz CT molecular complexity index is 724. The summed E-state index contributed by atoms with van der Waals surface area (Å²) in [4.78, 5) is 0. The second-order valence-corrected chi connectivity index (χ2v) is 5.52. The van der Waals surface area contributed by atoms with Gasteiger partial charge in [0.05, 0.1) is 0 Å². The van der Waals surface area contributed by atoms with E-state index in [1.54, 1.807) is 0 Å². The summed E-state index contributed by atoms with van der Waals surface area (Å²) in [6, 6.07) is 14.0. The lowest BCUT2D eigenvalue weighted by atomic mass is 9.79. The Kier molecular flexibility index (Phi) is 1.55. The Morgan fingerprint density at radius 3 is 2.63 bits per heavy atom. The number of ether oxygens (including phenoxy) is 1. The topological polar surface area (TPSA) is 53.0 Å². The first kappa shape index (κ1) is 10.1. The Balaban J connectivity index is 1.94. The van der Waals surface area contributed by atoms with Crippen LogP contribution < -0.4 is 0 Å². The fourth-order valence-electron chi connectivity index (χ4n) is 3.88. The number of epoxide rings is 1. The zero-order valence-electron chi connectivity index (χ0n) is 10.1. The molecule has 1 heterocycles. The van der Waals surface area contributed by atoms with Gasteiger partial charge in [0.25, 0.3) is 0 Å². The minimum atomic E-state index is -0.857. The zero-order valence-corrected chi connectivity index (χ0v) is 10.1. The van der Waals surface area contributed by atoms with Crippen LogP contribution in [0.5, 0.6) is 0 Å². The first-order chi connectivity index (χ1) is 9.25. The van der Waals surface area contributed by atoms with E-state index < -0.39 is 17.8 Å². The highest BCUT2D eigenvalue weighted by atomic mass is 16.6. The maximum atomic E-state index is 10.2. The van der Waals surface area contributed by atoms with Gasteiger partial charge in [0.1, 0.15) is 23.9 Å². The highest BCUT2D eigenvalue weighted by Gasteiger charge is 2.70. The molecule has 0 amide bonds. The second kappa shape index (κ2) is 2.90. The lowest BCUT2D eigenvalue weighted by Crippen LogP contribution is -2.34. The molecule has 1 saturated heterocycles. The van der Waals surface area contributed by atoms with E-state index in [1.165, 1.54) is 0 Å². The summed E-state index contributed by atoms with van der Waals surface area (Å²) >= 11 is 0. The average molecular weight is 252 g/mol. The predicted molar refractivity (Wildman–Crippen MR) is 68.5 cm³/mol. The molecule has 0 radical (unpaired) electrons. The summed E-state index contributed by atoms with van der Waals surface area (Å²) < 4.78 is 5.89. The van der Waals surface area contributed by atoms with Gasteiger partial charge in [0.2, 0.25) is 0 Å². The monoisotopic (exact) mass is 252 g/mol. The van der Waals surface area contributed by atoms with Gasteiger partial charge in [-0.3, -0.25) is 0 Å². The molecule has 1 spiro atoms. The van der Waals surface area contributed by atoms with E-state index in [0.29, 0.717) is 0 Å². The van der Waals surface area contributed by atoms with Crippen molar-refractivity contribution in [2.45, 2.75) is 23.9 Å². The third-order valence-electron chi connectivity index (χ3n) is 4.69. The van der Waals surface area contributed by atoms with Gasteiger partial charge < -0.3 is 14.9 Å². The molecule has 1 aliphatic heterocycles.